The number of H-pyrrole nitrogens is 1. The summed E-state index contributed by atoms with van der Waals surface area (Å²) in [6.45, 7) is -1.25. The van der Waals surface area contributed by atoms with Crippen molar-refractivity contribution in [2.24, 2.45) is 5.92 Å². The molecule has 3 aromatic rings. The van der Waals surface area contributed by atoms with Crippen LogP contribution in [0.2, 0.25) is 0 Å². The van der Waals surface area contributed by atoms with E-state index >= 15 is 0 Å². The quantitative estimate of drug-likeness (QED) is 0.435. The molecule has 3 N–H and O–H groups in total. The summed E-state index contributed by atoms with van der Waals surface area (Å²) in [4.78, 5) is 15.0. The SMILES string of the molecule is O=C(CC1CC(c2c(-c3ccc(F)cc3)[nH]c3c(F)cc(F)cc23)C1)N[C@@H](CO)C(F)(F)F. The van der Waals surface area contributed by atoms with Crippen molar-refractivity contribution in [3.05, 3.63) is 59.4 Å². The lowest BCUT2D eigenvalue weighted by Crippen LogP contribution is -2.48. The fourth-order valence-electron chi connectivity index (χ4n) is 4.39. The van der Waals surface area contributed by atoms with Gasteiger partial charge in [0, 0.05) is 17.9 Å². The van der Waals surface area contributed by atoms with Gasteiger partial charge in [0.15, 0.2) is 0 Å². The van der Waals surface area contributed by atoms with Gasteiger partial charge in [-0.1, -0.05) is 0 Å². The Labute approximate surface area is 184 Å². The Morgan fingerprint density at radius 3 is 2.36 bits per heavy atom. The lowest BCUT2D eigenvalue weighted by molar-refractivity contribution is -0.168. The summed E-state index contributed by atoms with van der Waals surface area (Å²) in [6, 6.07) is 5.13. The summed E-state index contributed by atoms with van der Waals surface area (Å²) in [6.07, 6.45) is -4.08. The molecular weight excluding hydrogens is 450 g/mol. The zero-order chi connectivity index (χ0) is 23.9. The molecule has 1 amide bonds. The third-order valence-electron chi connectivity index (χ3n) is 6.03. The van der Waals surface area contributed by atoms with Crippen molar-refractivity contribution < 1.29 is 36.2 Å². The number of hydrogen-bond acceptors (Lipinski definition) is 2. The number of nitrogens with one attached hydrogen (secondary N) is 2. The van der Waals surface area contributed by atoms with E-state index in [1.807, 2.05) is 0 Å². The number of aliphatic hydroxyl groups is 1. The summed E-state index contributed by atoms with van der Waals surface area (Å²) in [5.74, 6) is -3.26. The van der Waals surface area contributed by atoms with Gasteiger partial charge in [-0.2, -0.15) is 13.2 Å². The molecule has 1 aliphatic rings. The van der Waals surface area contributed by atoms with Crippen LogP contribution in [0.5, 0.6) is 0 Å². The second-order valence-electron chi connectivity index (χ2n) is 8.31. The highest BCUT2D eigenvalue weighted by Gasteiger charge is 2.41. The fraction of sp³-hybridized carbons (Fsp3) is 0.348. The number of aromatic amines is 1. The lowest BCUT2D eigenvalue weighted by Gasteiger charge is -2.36. The lowest BCUT2D eigenvalue weighted by atomic mass is 9.69. The predicted octanol–water partition coefficient (Wildman–Crippen LogP) is 5.18. The van der Waals surface area contributed by atoms with Crippen LogP contribution in [0.25, 0.3) is 22.2 Å². The first-order valence-electron chi connectivity index (χ1n) is 10.3. The van der Waals surface area contributed by atoms with Gasteiger partial charge in [-0.25, -0.2) is 13.2 Å². The number of carbonyl (C=O) groups is 1. The molecule has 1 aliphatic carbocycles. The molecule has 1 fully saturated rings. The molecule has 33 heavy (non-hydrogen) atoms. The van der Waals surface area contributed by atoms with Gasteiger partial charge in [0.05, 0.1) is 17.8 Å². The topological polar surface area (TPSA) is 65.1 Å². The highest BCUT2D eigenvalue weighted by atomic mass is 19.4. The molecule has 1 saturated carbocycles. The van der Waals surface area contributed by atoms with Crippen molar-refractivity contribution in [3.8, 4) is 11.3 Å². The van der Waals surface area contributed by atoms with Crippen LogP contribution >= 0.6 is 0 Å². The van der Waals surface area contributed by atoms with Gasteiger partial charge in [0.25, 0.3) is 0 Å². The van der Waals surface area contributed by atoms with Crippen LogP contribution < -0.4 is 5.32 Å². The molecule has 0 spiro atoms. The van der Waals surface area contributed by atoms with Crippen LogP contribution in [0.15, 0.2) is 36.4 Å². The summed E-state index contributed by atoms with van der Waals surface area (Å²) in [5, 5.41) is 11.0. The maximum atomic E-state index is 14.4. The molecule has 2 aromatic carbocycles. The molecule has 0 radical (unpaired) electrons. The number of aliphatic hydroxyl groups excluding tert-OH is 1. The molecule has 10 heteroatoms. The minimum atomic E-state index is -4.76. The Bertz CT molecular complexity index is 1170. The molecule has 4 nitrogen and oxygen atoms in total. The molecule has 0 unspecified atom stereocenters. The fourth-order valence-corrected chi connectivity index (χ4v) is 4.39. The second kappa shape index (κ2) is 8.74. The van der Waals surface area contributed by atoms with Gasteiger partial charge in [-0.15, -0.1) is 0 Å². The van der Waals surface area contributed by atoms with Gasteiger partial charge < -0.3 is 15.4 Å². The van der Waals surface area contributed by atoms with Gasteiger partial charge in [0.1, 0.15) is 23.5 Å². The predicted molar refractivity (Wildman–Crippen MR) is 109 cm³/mol. The normalized spacial score (nSPS) is 19.4. The third kappa shape index (κ3) is 4.71. The van der Waals surface area contributed by atoms with E-state index in [0.717, 1.165) is 6.07 Å². The van der Waals surface area contributed by atoms with Crippen LogP contribution in [0.3, 0.4) is 0 Å². The Balaban J connectivity index is 1.56. The number of carbonyl (C=O) groups excluding carboxylic acids is 1. The van der Waals surface area contributed by atoms with E-state index in [2.05, 4.69) is 4.98 Å². The van der Waals surface area contributed by atoms with E-state index in [1.165, 1.54) is 30.3 Å². The van der Waals surface area contributed by atoms with Crippen LogP contribution in [-0.2, 0) is 4.79 Å². The summed E-state index contributed by atoms with van der Waals surface area (Å²) in [5.41, 5.74) is 1.79. The minimum Gasteiger partial charge on any atom is -0.394 e. The summed E-state index contributed by atoms with van der Waals surface area (Å²) >= 11 is 0. The van der Waals surface area contributed by atoms with Crippen LogP contribution in [0.1, 0.15) is 30.7 Å². The summed E-state index contributed by atoms with van der Waals surface area (Å²) < 4.78 is 80.0. The van der Waals surface area contributed by atoms with Crippen molar-refractivity contribution in [1.29, 1.82) is 0 Å². The molecule has 1 atom stereocenters. The maximum Gasteiger partial charge on any atom is 0.410 e. The van der Waals surface area contributed by atoms with Gasteiger partial charge in [-0.3, -0.25) is 4.79 Å². The Morgan fingerprint density at radius 1 is 1.09 bits per heavy atom. The van der Waals surface area contributed by atoms with Gasteiger partial charge in [-0.05, 0) is 66.1 Å². The van der Waals surface area contributed by atoms with Crippen LogP contribution in [-0.4, -0.2) is 34.8 Å². The molecule has 4 rings (SSSR count). The first-order chi connectivity index (χ1) is 15.6. The molecular formula is C23H20F6N2O2. The average Bonchev–Trinajstić information content (AvgIpc) is 3.07. The zero-order valence-electron chi connectivity index (χ0n) is 17.1. The Hall–Kier alpha value is -3.01. The monoisotopic (exact) mass is 470 g/mol. The number of aromatic nitrogens is 1. The largest absolute Gasteiger partial charge is 0.410 e. The first kappa shape index (κ1) is 23.2. The number of alkyl halides is 3. The number of fused-ring (bicyclic) bond motifs is 1. The minimum absolute atomic E-state index is 0.0999. The number of benzene rings is 2. The molecule has 0 bridgehead atoms. The highest BCUT2D eigenvalue weighted by Crippen LogP contribution is 2.49. The molecule has 0 saturated heterocycles. The molecule has 1 heterocycles. The van der Waals surface area contributed by atoms with Gasteiger partial charge in [0.2, 0.25) is 5.91 Å². The highest BCUT2D eigenvalue weighted by molar-refractivity contribution is 5.92. The smallest absolute Gasteiger partial charge is 0.394 e. The average molecular weight is 470 g/mol. The molecule has 0 aliphatic heterocycles. The van der Waals surface area contributed by atoms with Crippen molar-refractivity contribution in [2.75, 3.05) is 6.61 Å². The van der Waals surface area contributed by atoms with E-state index in [0.29, 0.717) is 35.0 Å². The van der Waals surface area contributed by atoms with Gasteiger partial charge >= 0.3 is 6.18 Å². The number of halogens is 6. The molecule has 176 valence electrons. The third-order valence-corrected chi connectivity index (χ3v) is 6.03. The zero-order valence-corrected chi connectivity index (χ0v) is 17.1. The number of amides is 1. The van der Waals surface area contributed by atoms with Crippen molar-refractivity contribution >= 4 is 16.8 Å². The van der Waals surface area contributed by atoms with E-state index < -0.39 is 42.2 Å². The summed E-state index contributed by atoms with van der Waals surface area (Å²) in [7, 11) is 0. The maximum absolute atomic E-state index is 14.4. The second-order valence-corrected chi connectivity index (χ2v) is 8.31. The van der Waals surface area contributed by atoms with Crippen LogP contribution in [0.4, 0.5) is 26.3 Å². The number of rotatable bonds is 6. The van der Waals surface area contributed by atoms with E-state index in [4.69, 9.17) is 5.11 Å². The van der Waals surface area contributed by atoms with Crippen molar-refractivity contribution in [1.82, 2.24) is 10.3 Å². The van der Waals surface area contributed by atoms with E-state index in [-0.39, 0.29) is 23.8 Å². The Kier molecular flexibility index (Phi) is 6.13. The van der Waals surface area contributed by atoms with E-state index in [9.17, 15) is 31.1 Å². The van der Waals surface area contributed by atoms with Crippen LogP contribution in [0, 0.1) is 23.4 Å². The molecule has 1 aromatic heterocycles. The van der Waals surface area contributed by atoms with Crippen molar-refractivity contribution in [3.63, 3.8) is 0 Å². The Morgan fingerprint density at radius 2 is 1.76 bits per heavy atom. The number of hydrogen-bond donors (Lipinski definition) is 3. The standard InChI is InChI=1S/C23H20F6N2O2/c24-14-3-1-12(2-4-14)21-20(16-8-15(25)9-17(26)22(16)31-21)13-5-11(6-13)7-19(33)30-18(10-32)23(27,28)29/h1-4,8-9,11,13,18,31-32H,5-7,10H2,(H,30,33)/t11?,13?,18-/m0/s1. The first-order valence-corrected chi connectivity index (χ1v) is 10.3. The van der Waals surface area contributed by atoms with Crippen molar-refractivity contribution in [2.45, 2.75) is 37.4 Å². The van der Waals surface area contributed by atoms with E-state index in [1.54, 1.807) is 5.32 Å².